The first kappa shape index (κ1) is 19.9. The van der Waals surface area contributed by atoms with Crippen LogP contribution < -0.4 is 5.32 Å². The molecule has 0 saturated carbocycles. The minimum absolute atomic E-state index is 0.0556. The van der Waals surface area contributed by atoms with Gasteiger partial charge in [-0.25, -0.2) is 8.78 Å². The topological polar surface area (TPSA) is 49.4 Å². The highest BCUT2D eigenvalue weighted by atomic mass is 32.2. The lowest BCUT2D eigenvalue weighted by Gasteiger charge is -2.20. The van der Waals surface area contributed by atoms with Crippen LogP contribution in [0.1, 0.15) is 12.5 Å². The van der Waals surface area contributed by atoms with Crippen LogP contribution in [0.25, 0.3) is 0 Å². The fourth-order valence-electron chi connectivity index (χ4n) is 2.20. The predicted molar refractivity (Wildman–Crippen MR) is 97.6 cm³/mol. The average Bonchev–Trinajstić information content (AvgIpc) is 2.64. The van der Waals surface area contributed by atoms with Crippen molar-refractivity contribution < 1.29 is 18.4 Å². The van der Waals surface area contributed by atoms with Crippen molar-refractivity contribution in [2.45, 2.75) is 18.4 Å². The van der Waals surface area contributed by atoms with Crippen molar-refractivity contribution in [3.8, 4) is 0 Å². The van der Waals surface area contributed by atoms with Crippen molar-refractivity contribution in [2.75, 3.05) is 18.8 Å². The van der Waals surface area contributed by atoms with Crippen LogP contribution in [0.15, 0.2) is 53.4 Å². The molecule has 0 aromatic heterocycles. The van der Waals surface area contributed by atoms with Crippen molar-refractivity contribution in [1.29, 1.82) is 0 Å². The lowest BCUT2D eigenvalue weighted by molar-refractivity contribution is -0.133. The molecule has 2 amide bonds. The van der Waals surface area contributed by atoms with E-state index in [1.807, 2.05) is 0 Å². The number of thioether (sulfide) groups is 1. The minimum Gasteiger partial charge on any atom is -0.350 e. The summed E-state index contributed by atoms with van der Waals surface area (Å²) in [5.41, 5.74) is 0.768. The number of amides is 2. The van der Waals surface area contributed by atoms with E-state index in [0.29, 0.717) is 11.4 Å². The molecule has 0 bridgehead atoms. The molecule has 0 fully saturated rings. The number of nitrogens with zero attached hydrogens (tertiary/aromatic N) is 1. The first-order valence-electron chi connectivity index (χ1n) is 8.16. The van der Waals surface area contributed by atoms with E-state index in [1.165, 1.54) is 23.1 Å². The van der Waals surface area contributed by atoms with Gasteiger partial charge in [-0.15, -0.1) is 11.8 Å². The third-order valence-corrected chi connectivity index (χ3v) is 4.69. The molecule has 138 valence electrons. The molecule has 26 heavy (non-hydrogen) atoms. The second-order valence-corrected chi connectivity index (χ2v) is 6.55. The van der Waals surface area contributed by atoms with Crippen LogP contribution in [-0.4, -0.2) is 35.6 Å². The van der Waals surface area contributed by atoms with Crippen LogP contribution in [0, 0.1) is 11.6 Å². The molecule has 0 aliphatic heterocycles. The van der Waals surface area contributed by atoms with Gasteiger partial charge in [-0.3, -0.25) is 9.59 Å². The molecular weight excluding hydrogens is 358 g/mol. The number of carbonyl (C=O) groups excluding carboxylic acids is 2. The van der Waals surface area contributed by atoms with E-state index in [-0.39, 0.29) is 42.3 Å². The summed E-state index contributed by atoms with van der Waals surface area (Å²) < 4.78 is 26.4. The minimum atomic E-state index is -0.370. The molecule has 0 spiro atoms. The molecule has 0 heterocycles. The summed E-state index contributed by atoms with van der Waals surface area (Å²) in [7, 11) is 0. The Morgan fingerprint density at radius 1 is 1.08 bits per heavy atom. The van der Waals surface area contributed by atoms with Crippen LogP contribution >= 0.6 is 11.8 Å². The van der Waals surface area contributed by atoms with Crippen molar-refractivity contribution in [3.05, 3.63) is 65.7 Å². The van der Waals surface area contributed by atoms with Gasteiger partial charge in [0, 0.05) is 18.0 Å². The van der Waals surface area contributed by atoms with E-state index in [2.05, 4.69) is 5.32 Å². The van der Waals surface area contributed by atoms with E-state index in [4.69, 9.17) is 0 Å². The van der Waals surface area contributed by atoms with Gasteiger partial charge in [0.05, 0.1) is 12.3 Å². The number of benzene rings is 2. The van der Waals surface area contributed by atoms with Crippen LogP contribution in [0.3, 0.4) is 0 Å². The summed E-state index contributed by atoms with van der Waals surface area (Å²) in [4.78, 5) is 26.1. The molecule has 0 unspecified atom stereocenters. The quantitative estimate of drug-likeness (QED) is 0.718. The standard InChI is InChI=1S/C19H20F2N2O2S/c1-2-23(19(25)13-26-17-6-4-3-5-16(17)21)12-18(24)22-11-14-7-9-15(20)10-8-14/h3-10H,2,11-13H2,1H3,(H,22,24). The highest BCUT2D eigenvalue weighted by molar-refractivity contribution is 8.00. The van der Waals surface area contributed by atoms with Crippen molar-refractivity contribution in [3.63, 3.8) is 0 Å². The van der Waals surface area contributed by atoms with E-state index >= 15 is 0 Å². The summed E-state index contributed by atoms with van der Waals surface area (Å²) in [5.74, 6) is -1.20. The third kappa shape index (κ3) is 6.15. The van der Waals surface area contributed by atoms with Crippen LogP contribution in [0.2, 0.25) is 0 Å². The Hall–Kier alpha value is -2.41. The molecule has 2 rings (SSSR count). The van der Waals surface area contributed by atoms with Gasteiger partial charge in [-0.1, -0.05) is 24.3 Å². The number of carbonyl (C=O) groups is 2. The molecular formula is C19H20F2N2O2S. The van der Waals surface area contributed by atoms with Gasteiger partial charge < -0.3 is 10.2 Å². The maximum atomic E-state index is 13.6. The van der Waals surface area contributed by atoms with Crippen molar-refractivity contribution >= 4 is 23.6 Å². The van der Waals surface area contributed by atoms with Crippen LogP contribution in [0.5, 0.6) is 0 Å². The molecule has 1 N–H and O–H groups in total. The van der Waals surface area contributed by atoms with Gasteiger partial charge in [0.25, 0.3) is 0 Å². The predicted octanol–water partition coefficient (Wildman–Crippen LogP) is 3.22. The molecule has 0 saturated heterocycles. The Kier molecular flexibility index (Phi) is 7.59. The highest BCUT2D eigenvalue weighted by Crippen LogP contribution is 2.21. The summed E-state index contributed by atoms with van der Waals surface area (Å²) in [6.07, 6.45) is 0. The largest absolute Gasteiger partial charge is 0.350 e. The average molecular weight is 378 g/mol. The summed E-state index contributed by atoms with van der Waals surface area (Å²) >= 11 is 1.10. The first-order valence-corrected chi connectivity index (χ1v) is 9.14. The smallest absolute Gasteiger partial charge is 0.239 e. The lowest BCUT2D eigenvalue weighted by atomic mass is 10.2. The molecule has 0 aliphatic carbocycles. The first-order chi connectivity index (χ1) is 12.5. The van der Waals surface area contributed by atoms with Gasteiger partial charge in [-0.2, -0.15) is 0 Å². The third-order valence-electron chi connectivity index (χ3n) is 3.66. The Morgan fingerprint density at radius 3 is 2.42 bits per heavy atom. The number of hydrogen-bond acceptors (Lipinski definition) is 3. The monoisotopic (exact) mass is 378 g/mol. The maximum Gasteiger partial charge on any atom is 0.239 e. The molecule has 4 nitrogen and oxygen atoms in total. The SMILES string of the molecule is CCN(CC(=O)NCc1ccc(F)cc1)C(=O)CSc1ccccc1F. The molecule has 2 aromatic rings. The van der Waals surface area contributed by atoms with E-state index in [9.17, 15) is 18.4 Å². The number of nitrogens with one attached hydrogen (secondary N) is 1. The van der Waals surface area contributed by atoms with Crippen LogP contribution in [0.4, 0.5) is 8.78 Å². The fraction of sp³-hybridized carbons (Fsp3) is 0.263. The van der Waals surface area contributed by atoms with Gasteiger partial charge in [0.2, 0.25) is 11.8 Å². The Bertz CT molecular complexity index is 753. The zero-order chi connectivity index (χ0) is 18.9. The number of rotatable bonds is 8. The lowest BCUT2D eigenvalue weighted by Crippen LogP contribution is -2.41. The normalized spacial score (nSPS) is 10.4. The molecule has 2 aromatic carbocycles. The Labute approximate surface area is 155 Å². The number of halogens is 2. The molecule has 7 heteroatoms. The van der Waals surface area contributed by atoms with Gasteiger partial charge in [0.1, 0.15) is 11.6 Å². The second-order valence-electron chi connectivity index (χ2n) is 5.53. The molecule has 0 radical (unpaired) electrons. The number of likely N-dealkylation sites (N-methyl/N-ethyl adjacent to an activating group) is 1. The second kappa shape index (κ2) is 9.91. The van der Waals surface area contributed by atoms with E-state index in [1.54, 1.807) is 37.3 Å². The molecule has 0 atom stereocenters. The summed E-state index contributed by atoms with van der Waals surface area (Å²) in [6, 6.07) is 12.1. The van der Waals surface area contributed by atoms with Crippen molar-refractivity contribution in [2.24, 2.45) is 0 Å². The van der Waals surface area contributed by atoms with Gasteiger partial charge in [-0.05, 0) is 36.8 Å². The van der Waals surface area contributed by atoms with Gasteiger partial charge >= 0.3 is 0 Å². The van der Waals surface area contributed by atoms with Gasteiger partial charge in [0.15, 0.2) is 0 Å². The van der Waals surface area contributed by atoms with E-state index in [0.717, 1.165) is 17.3 Å². The maximum absolute atomic E-state index is 13.6. The summed E-state index contributed by atoms with van der Waals surface area (Å²) in [5, 5.41) is 2.70. The molecule has 0 aliphatic rings. The summed E-state index contributed by atoms with van der Waals surface area (Å²) in [6.45, 7) is 2.34. The fourth-order valence-corrected chi connectivity index (χ4v) is 3.04. The van der Waals surface area contributed by atoms with Crippen LogP contribution in [-0.2, 0) is 16.1 Å². The Morgan fingerprint density at radius 2 is 1.77 bits per heavy atom. The Balaban J connectivity index is 1.81. The zero-order valence-electron chi connectivity index (χ0n) is 14.4. The highest BCUT2D eigenvalue weighted by Gasteiger charge is 2.16. The number of hydrogen-bond donors (Lipinski definition) is 1. The van der Waals surface area contributed by atoms with Crippen molar-refractivity contribution in [1.82, 2.24) is 10.2 Å². The zero-order valence-corrected chi connectivity index (χ0v) is 15.2. The van der Waals surface area contributed by atoms with E-state index < -0.39 is 0 Å².